The van der Waals surface area contributed by atoms with Crippen molar-refractivity contribution in [3.05, 3.63) is 47.1 Å². The fraction of sp³-hybridized carbons (Fsp3) is 0.154. The highest BCUT2D eigenvalue weighted by molar-refractivity contribution is 7.89. The third-order valence-corrected chi connectivity index (χ3v) is 4.43. The number of anilines is 1. The highest BCUT2D eigenvalue weighted by Crippen LogP contribution is 2.22. The molecule has 0 saturated carbocycles. The number of pyridine rings is 1. The minimum atomic E-state index is -3.75. The van der Waals surface area contributed by atoms with E-state index < -0.39 is 10.0 Å². The number of nitrogens with zero attached hydrogens (tertiary/aromatic N) is 1. The van der Waals surface area contributed by atoms with Gasteiger partial charge in [-0.3, -0.25) is 0 Å². The number of hydrogen-bond donors (Lipinski definition) is 2. The number of nitrogen functional groups attached to an aromatic ring is 1. The van der Waals surface area contributed by atoms with Gasteiger partial charge in [0.05, 0.1) is 12.8 Å². The van der Waals surface area contributed by atoms with Gasteiger partial charge >= 0.3 is 0 Å². The molecule has 0 radical (unpaired) electrons. The Balaban J connectivity index is 2.19. The molecule has 6 nitrogen and oxygen atoms in total. The number of hydrogen-bond acceptors (Lipinski definition) is 5. The van der Waals surface area contributed by atoms with Gasteiger partial charge in [0.25, 0.3) is 0 Å². The highest BCUT2D eigenvalue weighted by atomic mass is 35.5. The van der Waals surface area contributed by atoms with Crippen LogP contribution in [0.15, 0.2) is 41.4 Å². The molecule has 0 fully saturated rings. The Morgan fingerprint density at radius 2 is 2.10 bits per heavy atom. The van der Waals surface area contributed by atoms with E-state index in [1.807, 2.05) is 0 Å². The second kappa shape index (κ2) is 6.30. The minimum Gasteiger partial charge on any atom is -0.481 e. The van der Waals surface area contributed by atoms with Gasteiger partial charge in [-0.25, -0.2) is 18.1 Å². The minimum absolute atomic E-state index is 0.0454. The molecule has 8 heteroatoms. The van der Waals surface area contributed by atoms with Crippen LogP contribution in [-0.4, -0.2) is 20.5 Å². The van der Waals surface area contributed by atoms with Crippen LogP contribution in [0.25, 0.3) is 0 Å². The van der Waals surface area contributed by atoms with E-state index in [1.54, 1.807) is 12.1 Å². The summed E-state index contributed by atoms with van der Waals surface area (Å²) in [7, 11) is -2.26. The van der Waals surface area contributed by atoms with Gasteiger partial charge in [0.2, 0.25) is 15.9 Å². The van der Waals surface area contributed by atoms with Crippen LogP contribution >= 0.6 is 11.6 Å². The second-order valence-corrected chi connectivity index (χ2v) is 6.38. The molecule has 2 rings (SSSR count). The summed E-state index contributed by atoms with van der Waals surface area (Å²) in [5.74, 6) is 0.411. The molecule has 0 saturated heterocycles. The summed E-state index contributed by atoms with van der Waals surface area (Å²) in [5.41, 5.74) is 6.53. The van der Waals surface area contributed by atoms with Crippen molar-refractivity contribution in [1.29, 1.82) is 0 Å². The molecule has 21 heavy (non-hydrogen) atoms. The molecule has 0 bridgehead atoms. The maximum absolute atomic E-state index is 12.2. The third-order valence-electron chi connectivity index (χ3n) is 2.74. The lowest BCUT2D eigenvalue weighted by Gasteiger charge is -2.10. The number of benzene rings is 1. The molecule has 0 atom stereocenters. The second-order valence-electron chi connectivity index (χ2n) is 4.21. The Bertz CT molecular complexity index is 750. The van der Waals surface area contributed by atoms with Gasteiger partial charge in [-0.05, 0) is 29.8 Å². The monoisotopic (exact) mass is 327 g/mol. The molecule has 0 unspecified atom stereocenters. The van der Waals surface area contributed by atoms with Gasteiger partial charge in [0.1, 0.15) is 4.90 Å². The molecular weight excluding hydrogens is 314 g/mol. The summed E-state index contributed by atoms with van der Waals surface area (Å²) in [6.07, 6.45) is 1.54. The van der Waals surface area contributed by atoms with Crippen LogP contribution in [0.5, 0.6) is 5.88 Å². The van der Waals surface area contributed by atoms with E-state index in [0.29, 0.717) is 16.5 Å². The van der Waals surface area contributed by atoms with Gasteiger partial charge in [-0.15, -0.1) is 0 Å². The first kappa shape index (κ1) is 15.6. The van der Waals surface area contributed by atoms with Crippen molar-refractivity contribution in [3.8, 4) is 5.88 Å². The van der Waals surface area contributed by atoms with Crippen LogP contribution in [0.4, 0.5) is 5.69 Å². The zero-order chi connectivity index (χ0) is 15.5. The van der Waals surface area contributed by atoms with E-state index in [-0.39, 0.29) is 17.1 Å². The summed E-state index contributed by atoms with van der Waals surface area (Å²) < 4.78 is 31.9. The number of halogens is 1. The van der Waals surface area contributed by atoms with Gasteiger partial charge in [-0.2, -0.15) is 0 Å². The SMILES string of the molecule is COc1cc(CNS(=O)(=O)c2cc(Cl)ccc2N)ccn1. The maximum atomic E-state index is 12.2. The molecule has 1 aromatic heterocycles. The summed E-state index contributed by atoms with van der Waals surface area (Å²) in [6, 6.07) is 7.62. The molecule has 1 heterocycles. The molecule has 2 aromatic rings. The van der Waals surface area contributed by atoms with Gasteiger partial charge in [-0.1, -0.05) is 11.6 Å². The van der Waals surface area contributed by atoms with Crippen molar-refractivity contribution >= 4 is 27.3 Å². The number of nitrogens with two attached hydrogens (primary N) is 1. The van der Waals surface area contributed by atoms with Crippen molar-refractivity contribution in [2.75, 3.05) is 12.8 Å². The van der Waals surface area contributed by atoms with Gasteiger partial charge in [0.15, 0.2) is 0 Å². The summed E-state index contributed by atoms with van der Waals surface area (Å²) in [4.78, 5) is 3.90. The van der Waals surface area contributed by atoms with Crippen LogP contribution in [0.1, 0.15) is 5.56 Å². The van der Waals surface area contributed by atoms with Gasteiger partial charge in [0, 0.05) is 23.8 Å². The number of sulfonamides is 1. The van der Waals surface area contributed by atoms with Crippen LogP contribution < -0.4 is 15.2 Å². The summed E-state index contributed by atoms with van der Waals surface area (Å²) in [6.45, 7) is 0.0904. The van der Waals surface area contributed by atoms with Crippen LogP contribution in [0.3, 0.4) is 0 Å². The smallest absolute Gasteiger partial charge is 0.242 e. The third kappa shape index (κ3) is 3.84. The summed E-state index contributed by atoms with van der Waals surface area (Å²) >= 11 is 5.81. The summed E-state index contributed by atoms with van der Waals surface area (Å²) in [5, 5.41) is 0.301. The number of nitrogens with one attached hydrogen (secondary N) is 1. The van der Waals surface area contributed by atoms with Crippen molar-refractivity contribution in [2.45, 2.75) is 11.4 Å². The Kier molecular flexibility index (Phi) is 4.66. The standard InChI is InChI=1S/C13H14ClN3O3S/c1-20-13-6-9(4-5-16-13)8-17-21(18,19)12-7-10(14)2-3-11(12)15/h2-7,17H,8,15H2,1H3. The Hall–Kier alpha value is -1.83. The molecule has 0 amide bonds. The average Bonchev–Trinajstić information content (AvgIpc) is 2.48. The van der Waals surface area contributed by atoms with Crippen LogP contribution in [-0.2, 0) is 16.6 Å². The molecule has 1 aromatic carbocycles. The number of ether oxygens (including phenoxy) is 1. The molecular formula is C13H14ClN3O3S. The largest absolute Gasteiger partial charge is 0.481 e. The van der Waals surface area contributed by atoms with E-state index in [2.05, 4.69) is 9.71 Å². The fourth-order valence-electron chi connectivity index (χ4n) is 1.67. The van der Waals surface area contributed by atoms with E-state index in [1.165, 1.54) is 31.5 Å². The predicted octanol–water partition coefficient (Wildman–Crippen LogP) is 1.80. The zero-order valence-electron chi connectivity index (χ0n) is 11.2. The van der Waals surface area contributed by atoms with Crippen molar-refractivity contribution < 1.29 is 13.2 Å². The molecule has 0 aliphatic rings. The quantitative estimate of drug-likeness (QED) is 0.817. The Morgan fingerprint density at radius 3 is 2.81 bits per heavy atom. The van der Waals surface area contributed by atoms with Crippen LogP contribution in [0, 0.1) is 0 Å². The van der Waals surface area contributed by atoms with Gasteiger partial charge < -0.3 is 10.5 Å². The Labute approximate surface area is 128 Å². The number of methoxy groups -OCH3 is 1. The predicted molar refractivity (Wildman–Crippen MR) is 80.7 cm³/mol. The Morgan fingerprint density at radius 1 is 1.33 bits per heavy atom. The highest BCUT2D eigenvalue weighted by Gasteiger charge is 2.17. The van der Waals surface area contributed by atoms with Crippen LogP contribution in [0.2, 0.25) is 5.02 Å². The first-order valence-corrected chi connectivity index (χ1v) is 7.82. The van der Waals surface area contributed by atoms with Crippen molar-refractivity contribution in [2.24, 2.45) is 0 Å². The van der Waals surface area contributed by atoms with E-state index in [0.717, 1.165) is 0 Å². The maximum Gasteiger partial charge on any atom is 0.242 e. The normalized spacial score (nSPS) is 11.3. The first-order valence-electron chi connectivity index (χ1n) is 5.96. The zero-order valence-corrected chi connectivity index (χ0v) is 12.8. The molecule has 0 aliphatic carbocycles. The van der Waals surface area contributed by atoms with Crippen molar-refractivity contribution in [1.82, 2.24) is 9.71 Å². The lowest BCUT2D eigenvalue weighted by atomic mass is 10.3. The molecule has 3 N–H and O–H groups in total. The molecule has 0 spiro atoms. The average molecular weight is 328 g/mol. The number of rotatable bonds is 5. The van der Waals surface area contributed by atoms with E-state index in [4.69, 9.17) is 22.1 Å². The van der Waals surface area contributed by atoms with E-state index >= 15 is 0 Å². The van der Waals surface area contributed by atoms with E-state index in [9.17, 15) is 8.42 Å². The molecule has 0 aliphatic heterocycles. The topological polar surface area (TPSA) is 94.3 Å². The fourth-order valence-corrected chi connectivity index (χ4v) is 3.08. The lowest BCUT2D eigenvalue weighted by Crippen LogP contribution is -2.24. The first-order chi connectivity index (χ1) is 9.92. The number of aromatic nitrogens is 1. The van der Waals surface area contributed by atoms with Crippen molar-refractivity contribution in [3.63, 3.8) is 0 Å². The molecule has 112 valence electrons. The lowest BCUT2D eigenvalue weighted by molar-refractivity contribution is 0.397.